The van der Waals surface area contributed by atoms with E-state index in [1.165, 1.54) is 36.1 Å². The van der Waals surface area contributed by atoms with Gasteiger partial charge < -0.3 is 15.0 Å². The summed E-state index contributed by atoms with van der Waals surface area (Å²) in [5.41, 5.74) is 3.18. The molecule has 1 saturated heterocycles. The smallest absolute Gasteiger partial charge is 0.416 e. The molecule has 1 amide bonds. The number of nitrogens with zero attached hydrogens (tertiary/aromatic N) is 2. The Labute approximate surface area is 218 Å². The number of hydrogen-bond donors (Lipinski definition) is 1. The van der Waals surface area contributed by atoms with Crippen LogP contribution in [0.3, 0.4) is 0 Å². The molecule has 37 heavy (non-hydrogen) atoms. The number of nitrogens with one attached hydrogen (secondary N) is 1. The Balaban J connectivity index is 1.27. The highest BCUT2D eigenvalue weighted by molar-refractivity contribution is 5.94. The van der Waals surface area contributed by atoms with E-state index >= 15 is 0 Å². The van der Waals surface area contributed by atoms with E-state index in [0.29, 0.717) is 26.2 Å². The van der Waals surface area contributed by atoms with Gasteiger partial charge in [-0.25, -0.2) is 0 Å². The zero-order chi connectivity index (χ0) is 26.6. The number of unbranched alkanes of at least 4 members (excludes halogenated alkanes) is 1. The lowest BCUT2D eigenvalue weighted by molar-refractivity contribution is -0.137. The quantitative estimate of drug-likeness (QED) is 0.408. The number of amides is 1. The summed E-state index contributed by atoms with van der Waals surface area (Å²) in [6.45, 7) is 10.7. The van der Waals surface area contributed by atoms with Crippen molar-refractivity contribution in [1.82, 2.24) is 15.1 Å². The molecule has 8 heteroatoms. The zero-order valence-corrected chi connectivity index (χ0v) is 22.0. The van der Waals surface area contributed by atoms with Crippen molar-refractivity contribution in [2.75, 3.05) is 39.3 Å². The summed E-state index contributed by atoms with van der Waals surface area (Å²) in [4.78, 5) is 16.9. The first kappa shape index (κ1) is 27.5. The van der Waals surface area contributed by atoms with Gasteiger partial charge in [0.25, 0.3) is 5.91 Å². The van der Waals surface area contributed by atoms with Crippen molar-refractivity contribution in [3.63, 3.8) is 0 Å². The Morgan fingerprint density at radius 1 is 1.00 bits per heavy atom. The van der Waals surface area contributed by atoms with E-state index in [9.17, 15) is 18.0 Å². The van der Waals surface area contributed by atoms with E-state index in [2.05, 4.69) is 43.1 Å². The van der Waals surface area contributed by atoms with Crippen LogP contribution in [-0.2, 0) is 6.18 Å². The maximum absolute atomic E-state index is 12.8. The molecule has 5 nitrogen and oxygen atoms in total. The van der Waals surface area contributed by atoms with E-state index < -0.39 is 11.7 Å². The topological polar surface area (TPSA) is 44.8 Å². The molecule has 0 aromatic heterocycles. The Morgan fingerprint density at radius 2 is 1.68 bits per heavy atom. The average Bonchev–Trinajstić information content (AvgIpc) is 3.72. The summed E-state index contributed by atoms with van der Waals surface area (Å²) < 4.78 is 44.5. The molecule has 2 aromatic rings. The van der Waals surface area contributed by atoms with Crippen molar-refractivity contribution in [2.45, 2.75) is 64.7 Å². The van der Waals surface area contributed by atoms with E-state index in [1.807, 2.05) is 0 Å². The van der Waals surface area contributed by atoms with E-state index in [-0.39, 0.29) is 17.5 Å². The number of ether oxygens (including phenoxy) is 1. The van der Waals surface area contributed by atoms with Gasteiger partial charge in [0.1, 0.15) is 5.75 Å². The number of benzene rings is 2. The van der Waals surface area contributed by atoms with Gasteiger partial charge in [-0.15, -0.1) is 0 Å². The van der Waals surface area contributed by atoms with Gasteiger partial charge in [-0.3, -0.25) is 9.69 Å². The highest BCUT2D eigenvalue weighted by atomic mass is 19.4. The first-order chi connectivity index (χ1) is 17.6. The lowest BCUT2D eigenvalue weighted by atomic mass is 9.96. The molecule has 0 spiro atoms. The van der Waals surface area contributed by atoms with Crippen LogP contribution < -0.4 is 10.1 Å². The fourth-order valence-corrected chi connectivity index (χ4v) is 4.92. The van der Waals surface area contributed by atoms with Crippen LogP contribution >= 0.6 is 0 Å². The maximum atomic E-state index is 12.8. The number of piperazine rings is 1. The predicted molar refractivity (Wildman–Crippen MR) is 139 cm³/mol. The van der Waals surface area contributed by atoms with Crippen LogP contribution in [0.15, 0.2) is 36.4 Å². The third kappa shape index (κ3) is 7.05. The van der Waals surface area contributed by atoms with E-state index in [4.69, 9.17) is 4.74 Å². The van der Waals surface area contributed by atoms with Gasteiger partial charge >= 0.3 is 6.18 Å². The van der Waals surface area contributed by atoms with Crippen LogP contribution in [-0.4, -0.2) is 61.1 Å². The van der Waals surface area contributed by atoms with Crippen LogP contribution in [0.25, 0.3) is 0 Å². The van der Waals surface area contributed by atoms with Crippen molar-refractivity contribution in [3.8, 4) is 5.75 Å². The molecule has 1 heterocycles. The zero-order valence-electron chi connectivity index (χ0n) is 22.0. The van der Waals surface area contributed by atoms with Crippen molar-refractivity contribution in [1.29, 1.82) is 0 Å². The van der Waals surface area contributed by atoms with Crippen molar-refractivity contribution in [2.24, 2.45) is 0 Å². The number of carbonyl (C=O) groups is 1. The largest absolute Gasteiger partial charge is 0.493 e. The third-order valence-electron chi connectivity index (χ3n) is 7.68. The second-order valence-corrected chi connectivity index (χ2v) is 10.3. The molecule has 1 aliphatic carbocycles. The van der Waals surface area contributed by atoms with Crippen molar-refractivity contribution < 1.29 is 22.7 Å². The number of alkyl halides is 3. The highest BCUT2D eigenvalue weighted by Gasteiger charge is 2.31. The van der Waals surface area contributed by atoms with Gasteiger partial charge in [0, 0.05) is 43.8 Å². The number of rotatable bonds is 10. The minimum Gasteiger partial charge on any atom is -0.493 e. The SMILES string of the molecule is Cc1c(OCCCCNC2CC2)ccc(C(C)N2CCN(C(=O)c3ccc(C(F)(F)F)cc3)CC2)c1C. The second kappa shape index (κ2) is 11.9. The summed E-state index contributed by atoms with van der Waals surface area (Å²) in [6.07, 6.45) is 0.381. The standard InChI is InChI=1S/C29H38F3N3O2/c1-20-21(2)27(37-19-5-4-14-33-25-10-11-25)13-12-26(20)22(3)34-15-17-35(18-16-34)28(36)23-6-8-24(9-7-23)29(30,31)32/h6-9,12-13,22,25,33H,4-5,10-11,14-19H2,1-3H3. The molecule has 0 bridgehead atoms. The molecule has 0 radical (unpaired) electrons. The minimum atomic E-state index is -4.41. The third-order valence-corrected chi connectivity index (χ3v) is 7.68. The Kier molecular flexibility index (Phi) is 8.80. The molecule has 1 unspecified atom stereocenters. The summed E-state index contributed by atoms with van der Waals surface area (Å²) >= 11 is 0. The molecule has 1 aliphatic heterocycles. The van der Waals surface area contributed by atoms with E-state index in [0.717, 1.165) is 55.5 Å². The van der Waals surface area contributed by atoms with Crippen LogP contribution in [0.5, 0.6) is 5.75 Å². The normalized spacial score (nSPS) is 17.6. The van der Waals surface area contributed by atoms with Crippen molar-refractivity contribution in [3.05, 3.63) is 64.2 Å². The van der Waals surface area contributed by atoms with Gasteiger partial charge in [-0.2, -0.15) is 13.2 Å². The average molecular weight is 518 g/mol. The number of hydrogen-bond acceptors (Lipinski definition) is 4. The molecule has 202 valence electrons. The van der Waals surface area contributed by atoms with Gasteiger partial charge in [0.15, 0.2) is 0 Å². The summed E-state index contributed by atoms with van der Waals surface area (Å²) in [5, 5.41) is 3.53. The second-order valence-electron chi connectivity index (χ2n) is 10.3. The van der Waals surface area contributed by atoms with E-state index in [1.54, 1.807) is 4.90 Å². The molecule has 1 atom stereocenters. The summed E-state index contributed by atoms with van der Waals surface area (Å²) in [6, 6.07) is 9.62. The number of carbonyl (C=O) groups excluding carboxylic acids is 1. The van der Waals surface area contributed by atoms with Crippen molar-refractivity contribution >= 4 is 5.91 Å². The van der Waals surface area contributed by atoms with Gasteiger partial charge in [0.05, 0.1) is 12.2 Å². The first-order valence-electron chi connectivity index (χ1n) is 13.3. The summed E-state index contributed by atoms with van der Waals surface area (Å²) in [7, 11) is 0. The molecule has 4 rings (SSSR count). The molecule has 2 fully saturated rings. The molecule has 2 aromatic carbocycles. The monoisotopic (exact) mass is 517 g/mol. The molecular weight excluding hydrogens is 479 g/mol. The molecule has 1 saturated carbocycles. The van der Waals surface area contributed by atoms with Gasteiger partial charge in [0.2, 0.25) is 0 Å². The van der Waals surface area contributed by atoms with Crippen LogP contribution in [0.2, 0.25) is 0 Å². The first-order valence-corrected chi connectivity index (χ1v) is 13.3. The van der Waals surface area contributed by atoms with Gasteiger partial charge in [-0.1, -0.05) is 6.07 Å². The Morgan fingerprint density at radius 3 is 2.30 bits per heavy atom. The fourth-order valence-electron chi connectivity index (χ4n) is 4.92. The molecular formula is C29H38F3N3O2. The highest BCUT2D eigenvalue weighted by Crippen LogP contribution is 2.32. The number of halogens is 3. The predicted octanol–water partition coefficient (Wildman–Crippen LogP) is 5.75. The molecule has 2 aliphatic rings. The lowest BCUT2D eigenvalue weighted by Crippen LogP contribution is -2.49. The van der Waals surface area contributed by atoms with Crippen LogP contribution in [0.1, 0.15) is 71.3 Å². The Hall–Kier alpha value is -2.58. The van der Waals surface area contributed by atoms with Crippen LogP contribution in [0.4, 0.5) is 13.2 Å². The maximum Gasteiger partial charge on any atom is 0.416 e. The lowest BCUT2D eigenvalue weighted by Gasteiger charge is -2.39. The molecule has 1 N–H and O–H groups in total. The van der Waals surface area contributed by atoms with Gasteiger partial charge in [-0.05, 0) is 100 Å². The Bertz CT molecular complexity index is 1060. The fraction of sp³-hybridized carbons (Fsp3) is 0.552. The summed E-state index contributed by atoms with van der Waals surface area (Å²) in [5.74, 6) is 0.716. The van der Waals surface area contributed by atoms with Crippen LogP contribution in [0, 0.1) is 13.8 Å². The minimum absolute atomic E-state index is 0.185.